The van der Waals surface area contributed by atoms with Gasteiger partial charge >= 0.3 is 5.25 Å². The number of piperidine rings is 1. The Kier molecular flexibility index (Phi) is 5.39. The molecular formula is C24H27ClF2N4O2S. The molecule has 182 valence electrons. The zero-order chi connectivity index (χ0) is 23.7. The Hall–Kier alpha value is -1.84. The first-order chi connectivity index (χ1) is 16.3. The van der Waals surface area contributed by atoms with E-state index in [1.54, 1.807) is 0 Å². The summed E-state index contributed by atoms with van der Waals surface area (Å²) in [7, 11) is -2.51. The van der Waals surface area contributed by atoms with E-state index < -0.39 is 28.0 Å². The molecule has 1 aromatic carbocycles. The van der Waals surface area contributed by atoms with Gasteiger partial charge in [0.05, 0.1) is 24.3 Å². The molecule has 34 heavy (non-hydrogen) atoms. The minimum atomic E-state index is -3.36. The predicted octanol–water partition coefficient (Wildman–Crippen LogP) is 4.63. The molecule has 4 heterocycles. The summed E-state index contributed by atoms with van der Waals surface area (Å²) in [6.07, 6.45) is 5.60. The summed E-state index contributed by atoms with van der Waals surface area (Å²) in [5.74, 6) is 1.04. The number of nitrogens with zero attached hydrogens (tertiary/aromatic N) is 3. The second-order valence-corrected chi connectivity index (χ2v) is 12.1. The highest BCUT2D eigenvalue weighted by Crippen LogP contribution is 2.48. The van der Waals surface area contributed by atoms with Crippen molar-refractivity contribution in [3.8, 4) is 0 Å². The number of hydrogen-bond acceptors (Lipinski definition) is 6. The Morgan fingerprint density at radius 1 is 1.15 bits per heavy atom. The largest absolute Gasteiger partial charge is 0.394 e. The zero-order valence-corrected chi connectivity index (χ0v) is 20.2. The van der Waals surface area contributed by atoms with Crippen LogP contribution in [0.15, 0.2) is 29.2 Å². The number of aliphatic hydroxyl groups excluding tert-OH is 1. The van der Waals surface area contributed by atoms with Crippen LogP contribution in [0.25, 0.3) is 0 Å². The standard InChI is InChI=1S/C24H27ClF2N4O2S/c25-16-4-2-14(3-5-16)15-10-17-6-7-18(11-15)31(17)22-28-19-12-24(26,27)34(33)20(19)21(29-22)30-23(13-32)8-1-9-23/h2-5,15,17-18,32H,1,6-13H2,(H,28,29,30)/t15?,17?,18?,34-/m1/s1. The van der Waals surface area contributed by atoms with Crippen molar-refractivity contribution < 1.29 is 18.1 Å². The van der Waals surface area contributed by atoms with Gasteiger partial charge in [-0.3, -0.25) is 0 Å². The maximum Gasteiger partial charge on any atom is 0.331 e. The van der Waals surface area contributed by atoms with E-state index >= 15 is 0 Å². The Balaban J connectivity index is 1.34. The fourth-order valence-electron chi connectivity index (χ4n) is 6.10. The average Bonchev–Trinajstić information content (AvgIpc) is 3.18. The topological polar surface area (TPSA) is 78.4 Å². The van der Waals surface area contributed by atoms with E-state index in [1.165, 1.54) is 5.56 Å². The smallest absolute Gasteiger partial charge is 0.331 e. The third kappa shape index (κ3) is 3.62. The molecular weight excluding hydrogens is 482 g/mol. The maximum absolute atomic E-state index is 14.5. The van der Waals surface area contributed by atoms with Gasteiger partial charge in [0.1, 0.15) is 21.5 Å². The van der Waals surface area contributed by atoms with Gasteiger partial charge in [0.15, 0.2) is 0 Å². The minimum absolute atomic E-state index is 0.00290. The highest BCUT2D eigenvalue weighted by molar-refractivity contribution is 7.86. The van der Waals surface area contributed by atoms with E-state index in [-0.39, 0.29) is 35.1 Å². The second kappa shape index (κ2) is 8.10. The van der Waals surface area contributed by atoms with Gasteiger partial charge in [-0.05, 0) is 68.6 Å². The first kappa shape index (κ1) is 22.6. The van der Waals surface area contributed by atoms with E-state index in [0.717, 1.165) is 50.0 Å². The first-order valence-electron chi connectivity index (χ1n) is 11.9. The van der Waals surface area contributed by atoms with E-state index in [4.69, 9.17) is 16.6 Å². The lowest BCUT2D eigenvalue weighted by Crippen LogP contribution is -2.49. The minimum Gasteiger partial charge on any atom is -0.394 e. The Morgan fingerprint density at radius 2 is 1.82 bits per heavy atom. The number of anilines is 2. The van der Waals surface area contributed by atoms with Gasteiger partial charge in [-0.2, -0.15) is 13.8 Å². The molecule has 0 amide bonds. The molecule has 2 N–H and O–H groups in total. The average molecular weight is 509 g/mol. The van der Waals surface area contributed by atoms with Crippen LogP contribution in [-0.2, 0) is 17.2 Å². The van der Waals surface area contributed by atoms with E-state index in [0.29, 0.717) is 11.9 Å². The van der Waals surface area contributed by atoms with Crippen LogP contribution < -0.4 is 10.2 Å². The lowest BCUT2D eigenvalue weighted by molar-refractivity contribution is 0.104. The highest BCUT2D eigenvalue weighted by atomic mass is 35.5. The van der Waals surface area contributed by atoms with Crippen molar-refractivity contribution in [2.24, 2.45) is 0 Å². The zero-order valence-electron chi connectivity index (χ0n) is 18.6. The molecule has 3 aliphatic heterocycles. The number of fused-ring (bicyclic) bond motifs is 3. The third-order valence-electron chi connectivity index (χ3n) is 8.06. The second-order valence-electron chi connectivity index (χ2n) is 10.2. The van der Waals surface area contributed by atoms with Crippen LogP contribution in [0.5, 0.6) is 0 Å². The molecule has 1 aliphatic carbocycles. The number of nitrogens with one attached hydrogen (secondary N) is 1. The molecule has 0 radical (unpaired) electrons. The van der Waals surface area contributed by atoms with Crippen LogP contribution in [0.2, 0.25) is 5.02 Å². The molecule has 2 bridgehead atoms. The first-order valence-corrected chi connectivity index (χ1v) is 13.4. The molecule has 0 spiro atoms. The normalized spacial score (nSPS) is 30.6. The Labute approximate surface area is 204 Å². The molecule has 3 atom stereocenters. The number of rotatable bonds is 5. The van der Waals surface area contributed by atoms with Crippen molar-refractivity contribution in [2.45, 2.75) is 85.1 Å². The number of benzene rings is 1. The van der Waals surface area contributed by atoms with Gasteiger partial charge in [-0.25, -0.2) is 9.19 Å². The quantitative estimate of drug-likeness (QED) is 0.613. The number of alkyl halides is 2. The van der Waals surface area contributed by atoms with Crippen molar-refractivity contribution in [1.29, 1.82) is 0 Å². The van der Waals surface area contributed by atoms with Crippen molar-refractivity contribution >= 4 is 34.2 Å². The van der Waals surface area contributed by atoms with Crippen LogP contribution in [0.4, 0.5) is 20.5 Å². The lowest BCUT2D eigenvalue weighted by atomic mass is 9.77. The molecule has 10 heteroatoms. The summed E-state index contributed by atoms with van der Waals surface area (Å²) in [4.78, 5) is 11.4. The Bertz CT molecular complexity index is 1130. The number of hydrogen-bond donors (Lipinski definition) is 2. The van der Waals surface area contributed by atoms with E-state index in [9.17, 15) is 18.1 Å². The van der Waals surface area contributed by atoms with Crippen LogP contribution in [-0.4, -0.2) is 48.8 Å². The van der Waals surface area contributed by atoms with Gasteiger partial charge in [-0.1, -0.05) is 23.7 Å². The Morgan fingerprint density at radius 3 is 2.41 bits per heavy atom. The summed E-state index contributed by atoms with van der Waals surface area (Å²) >= 11 is 6.06. The van der Waals surface area contributed by atoms with Crippen molar-refractivity contribution in [3.05, 3.63) is 40.5 Å². The van der Waals surface area contributed by atoms with Crippen LogP contribution >= 0.6 is 11.6 Å². The molecule has 2 unspecified atom stereocenters. The summed E-state index contributed by atoms with van der Waals surface area (Å²) < 4.78 is 41.5. The summed E-state index contributed by atoms with van der Waals surface area (Å²) in [5, 5.41) is 10.5. The summed E-state index contributed by atoms with van der Waals surface area (Å²) in [5.41, 5.74) is 0.827. The van der Waals surface area contributed by atoms with Crippen LogP contribution in [0.1, 0.15) is 62.1 Å². The predicted molar refractivity (Wildman–Crippen MR) is 127 cm³/mol. The molecule has 4 aliphatic rings. The molecule has 1 saturated carbocycles. The van der Waals surface area contributed by atoms with Gasteiger partial charge in [-0.15, -0.1) is 0 Å². The third-order valence-corrected chi connectivity index (χ3v) is 9.79. The van der Waals surface area contributed by atoms with Gasteiger partial charge in [0, 0.05) is 17.1 Å². The fraction of sp³-hybridized carbons (Fsp3) is 0.583. The number of aromatic nitrogens is 2. The monoisotopic (exact) mass is 508 g/mol. The maximum atomic E-state index is 14.5. The molecule has 6 nitrogen and oxygen atoms in total. The van der Waals surface area contributed by atoms with Gasteiger partial charge in [0.25, 0.3) is 0 Å². The lowest BCUT2D eigenvalue weighted by Gasteiger charge is -2.42. The van der Waals surface area contributed by atoms with Gasteiger partial charge < -0.3 is 15.3 Å². The number of aliphatic hydroxyl groups is 1. The van der Waals surface area contributed by atoms with Crippen molar-refractivity contribution in [2.75, 3.05) is 16.8 Å². The SMILES string of the molecule is O=[S@@]1c2c(nc(N3C4CCC3CC(c3ccc(Cl)cc3)C4)nc2NC2(CO)CCC2)CC1(F)F. The van der Waals surface area contributed by atoms with E-state index in [1.807, 2.05) is 12.1 Å². The van der Waals surface area contributed by atoms with Gasteiger partial charge in [0.2, 0.25) is 5.95 Å². The van der Waals surface area contributed by atoms with E-state index in [2.05, 4.69) is 27.3 Å². The van der Waals surface area contributed by atoms with Crippen LogP contribution in [0, 0.1) is 0 Å². The molecule has 2 saturated heterocycles. The van der Waals surface area contributed by atoms with Crippen LogP contribution in [0.3, 0.4) is 0 Å². The molecule has 3 fully saturated rings. The fourth-order valence-corrected chi connectivity index (χ4v) is 7.39. The molecule has 6 rings (SSSR count). The van der Waals surface area contributed by atoms with Crippen molar-refractivity contribution in [1.82, 2.24) is 9.97 Å². The molecule has 1 aromatic heterocycles. The highest BCUT2D eigenvalue weighted by Gasteiger charge is 2.51. The molecule has 2 aromatic rings. The summed E-state index contributed by atoms with van der Waals surface area (Å²) in [6.45, 7) is -0.123. The summed E-state index contributed by atoms with van der Waals surface area (Å²) in [6, 6.07) is 8.44. The number of halogens is 3. The van der Waals surface area contributed by atoms with Crippen molar-refractivity contribution in [3.63, 3.8) is 0 Å².